The van der Waals surface area contributed by atoms with Gasteiger partial charge in [-0.25, -0.2) is 0 Å². The van der Waals surface area contributed by atoms with Crippen LogP contribution in [-0.4, -0.2) is 25.2 Å². The first-order chi connectivity index (χ1) is 12.1. The van der Waals surface area contributed by atoms with Gasteiger partial charge in [0.1, 0.15) is 17.9 Å². The Morgan fingerprint density at radius 2 is 1.88 bits per heavy atom. The molecule has 5 nitrogen and oxygen atoms in total. The van der Waals surface area contributed by atoms with Crippen LogP contribution in [0.25, 0.3) is 0 Å². The number of ether oxygens (including phenoxy) is 2. The van der Waals surface area contributed by atoms with Gasteiger partial charge in [-0.15, -0.1) is 12.4 Å². The van der Waals surface area contributed by atoms with Gasteiger partial charge in [-0.2, -0.15) is 0 Å². The second-order valence-electron chi connectivity index (χ2n) is 6.29. The number of hydrogen-bond acceptors (Lipinski definition) is 4. The largest absolute Gasteiger partial charge is 0.490 e. The zero-order valence-corrected chi connectivity index (χ0v) is 15.6. The van der Waals surface area contributed by atoms with E-state index in [9.17, 15) is 4.79 Å². The molecule has 1 fully saturated rings. The molecule has 1 saturated heterocycles. The number of halogens is 1. The van der Waals surface area contributed by atoms with Crippen LogP contribution in [0.1, 0.15) is 30.0 Å². The second kappa shape index (κ2) is 9.57. The lowest BCUT2D eigenvalue weighted by molar-refractivity contribution is -0.117. The van der Waals surface area contributed by atoms with Crippen molar-refractivity contribution in [2.45, 2.75) is 31.9 Å². The van der Waals surface area contributed by atoms with Crippen LogP contribution < -0.4 is 15.8 Å². The van der Waals surface area contributed by atoms with Crippen LogP contribution >= 0.6 is 12.4 Å². The van der Waals surface area contributed by atoms with E-state index in [1.807, 2.05) is 55.5 Å². The Morgan fingerprint density at radius 3 is 2.54 bits per heavy atom. The minimum absolute atomic E-state index is 0. The Morgan fingerprint density at radius 1 is 1.19 bits per heavy atom. The van der Waals surface area contributed by atoms with Crippen molar-refractivity contribution in [1.82, 2.24) is 0 Å². The molecule has 1 unspecified atom stereocenters. The topological polar surface area (TPSA) is 73.6 Å². The highest BCUT2D eigenvalue weighted by Gasteiger charge is 2.18. The molecule has 1 aliphatic rings. The molecule has 0 saturated carbocycles. The summed E-state index contributed by atoms with van der Waals surface area (Å²) in [5.74, 6) is 0.612. The molecule has 1 atom stereocenters. The van der Waals surface area contributed by atoms with Gasteiger partial charge in [0.05, 0.1) is 13.2 Å². The van der Waals surface area contributed by atoms with E-state index < -0.39 is 6.04 Å². The zero-order chi connectivity index (χ0) is 17.6. The third kappa shape index (κ3) is 5.21. The second-order valence-corrected chi connectivity index (χ2v) is 6.29. The van der Waals surface area contributed by atoms with Gasteiger partial charge in [0.2, 0.25) is 5.91 Å². The number of nitrogens with one attached hydrogen (secondary N) is 1. The van der Waals surface area contributed by atoms with Crippen molar-refractivity contribution in [2.24, 2.45) is 5.73 Å². The molecule has 0 spiro atoms. The third-order valence-corrected chi connectivity index (χ3v) is 4.35. The molecule has 3 rings (SSSR count). The van der Waals surface area contributed by atoms with Crippen LogP contribution in [0, 0.1) is 6.92 Å². The number of benzene rings is 2. The normalized spacial score (nSPS) is 15.6. The molecule has 26 heavy (non-hydrogen) atoms. The molecule has 0 aromatic heterocycles. The average molecular weight is 377 g/mol. The van der Waals surface area contributed by atoms with Gasteiger partial charge in [0.15, 0.2) is 0 Å². The van der Waals surface area contributed by atoms with Crippen LogP contribution in [0.15, 0.2) is 48.5 Å². The lowest BCUT2D eigenvalue weighted by atomic mass is 10.1. The van der Waals surface area contributed by atoms with Crippen molar-refractivity contribution in [3.8, 4) is 5.75 Å². The third-order valence-electron chi connectivity index (χ3n) is 4.35. The number of carbonyl (C=O) groups is 1. The Labute approximate surface area is 160 Å². The summed E-state index contributed by atoms with van der Waals surface area (Å²) in [5, 5.41) is 2.87. The van der Waals surface area contributed by atoms with Crippen LogP contribution in [0.4, 0.5) is 5.69 Å². The summed E-state index contributed by atoms with van der Waals surface area (Å²) in [4.78, 5) is 12.3. The molecule has 2 aromatic carbocycles. The molecule has 3 N–H and O–H groups in total. The van der Waals surface area contributed by atoms with Crippen molar-refractivity contribution in [3.05, 3.63) is 59.7 Å². The molecule has 0 radical (unpaired) electrons. The maximum atomic E-state index is 12.3. The van der Waals surface area contributed by atoms with Crippen molar-refractivity contribution in [1.29, 1.82) is 0 Å². The van der Waals surface area contributed by atoms with Crippen LogP contribution in [-0.2, 0) is 9.53 Å². The minimum atomic E-state index is -0.695. The number of amides is 1. The van der Waals surface area contributed by atoms with E-state index in [1.165, 1.54) is 0 Å². The highest BCUT2D eigenvalue weighted by atomic mass is 35.5. The van der Waals surface area contributed by atoms with Gasteiger partial charge in [-0.1, -0.05) is 30.3 Å². The molecule has 2 aromatic rings. The predicted molar refractivity (Wildman–Crippen MR) is 105 cm³/mol. The highest BCUT2D eigenvalue weighted by Crippen LogP contribution is 2.25. The summed E-state index contributed by atoms with van der Waals surface area (Å²) in [7, 11) is 0. The summed E-state index contributed by atoms with van der Waals surface area (Å²) >= 11 is 0. The molecule has 1 aliphatic heterocycles. The maximum absolute atomic E-state index is 12.3. The Bertz CT molecular complexity index is 718. The van der Waals surface area contributed by atoms with E-state index >= 15 is 0 Å². The zero-order valence-electron chi connectivity index (χ0n) is 14.8. The Kier molecular flexibility index (Phi) is 7.45. The maximum Gasteiger partial charge on any atom is 0.245 e. The molecule has 0 aliphatic carbocycles. The van der Waals surface area contributed by atoms with Crippen LogP contribution in [0.5, 0.6) is 5.75 Å². The lowest BCUT2D eigenvalue weighted by Gasteiger charge is -2.24. The first-order valence-corrected chi connectivity index (χ1v) is 8.60. The molecule has 6 heteroatoms. The number of anilines is 1. The first kappa shape index (κ1) is 20.2. The fraction of sp³-hybridized carbons (Fsp3) is 0.350. The van der Waals surface area contributed by atoms with E-state index in [2.05, 4.69) is 5.32 Å². The van der Waals surface area contributed by atoms with Crippen molar-refractivity contribution in [3.63, 3.8) is 0 Å². The van der Waals surface area contributed by atoms with Crippen LogP contribution in [0.3, 0.4) is 0 Å². The fourth-order valence-electron chi connectivity index (χ4n) is 2.86. The highest BCUT2D eigenvalue weighted by molar-refractivity contribution is 5.95. The number of hydrogen-bond donors (Lipinski definition) is 2. The van der Waals surface area contributed by atoms with E-state index in [0.717, 1.165) is 42.9 Å². The van der Waals surface area contributed by atoms with Gasteiger partial charge in [0, 0.05) is 18.5 Å². The van der Waals surface area contributed by atoms with E-state index in [0.29, 0.717) is 5.69 Å². The summed E-state index contributed by atoms with van der Waals surface area (Å²) in [6, 6.07) is 14.3. The quantitative estimate of drug-likeness (QED) is 0.835. The molecular weight excluding hydrogens is 352 g/mol. The summed E-state index contributed by atoms with van der Waals surface area (Å²) in [6.07, 6.45) is 2.01. The number of rotatable bonds is 5. The number of carbonyl (C=O) groups excluding carboxylic acids is 1. The Balaban J connectivity index is 0.00000243. The molecule has 140 valence electrons. The SMILES string of the molecule is Cc1cc(NC(=O)C(N)c2ccccc2)ccc1OC1CCOCC1.Cl. The number of nitrogens with two attached hydrogens (primary N) is 1. The molecule has 0 bridgehead atoms. The van der Waals surface area contributed by atoms with Gasteiger partial charge in [0.25, 0.3) is 0 Å². The minimum Gasteiger partial charge on any atom is -0.490 e. The van der Waals surface area contributed by atoms with Crippen LogP contribution in [0.2, 0.25) is 0 Å². The molecular formula is C20H25ClN2O3. The first-order valence-electron chi connectivity index (χ1n) is 8.60. The van der Waals surface area contributed by atoms with Crippen molar-refractivity contribution >= 4 is 24.0 Å². The smallest absolute Gasteiger partial charge is 0.245 e. The van der Waals surface area contributed by atoms with E-state index in [1.54, 1.807) is 0 Å². The van der Waals surface area contributed by atoms with Crippen molar-refractivity contribution < 1.29 is 14.3 Å². The number of aryl methyl sites for hydroxylation is 1. The van der Waals surface area contributed by atoms with Gasteiger partial charge in [-0.05, 0) is 36.2 Å². The standard InChI is InChI=1S/C20H24N2O3.ClH/c1-14-13-16(7-8-18(14)25-17-9-11-24-12-10-17)22-20(23)19(21)15-5-3-2-4-6-15;/h2-8,13,17,19H,9-12,21H2,1H3,(H,22,23);1H. The Hall–Kier alpha value is -2.08. The van der Waals surface area contributed by atoms with Gasteiger partial charge in [-0.3, -0.25) is 4.79 Å². The summed E-state index contributed by atoms with van der Waals surface area (Å²) in [6.45, 7) is 3.46. The monoisotopic (exact) mass is 376 g/mol. The van der Waals surface area contributed by atoms with E-state index in [4.69, 9.17) is 15.2 Å². The van der Waals surface area contributed by atoms with Gasteiger partial charge < -0.3 is 20.5 Å². The molecule has 1 heterocycles. The van der Waals surface area contributed by atoms with E-state index in [-0.39, 0.29) is 24.4 Å². The summed E-state index contributed by atoms with van der Waals surface area (Å²) in [5.41, 5.74) is 8.52. The lowest BCUT2D eigenvalue weighted by Crippen LogP contribution is -2.28. The summed E-state index contributed by atoms with van der Waals surface area (Å²) < 4.78 is 11.4. The molecule has 1 amide bonds. The van der Waals surface area contributed by atoms with Crippen molar-refractivity contribution in [2.75, 3.05) is 18.5 Å². The predicted octanol–water partition coefficient (Wildman–Crippen LogP) is 3.61. The average Bonchev–Trinajstić information content (AvgIpc) is 2.65. The van der Waals surface area contributed by atoms with Gasteiger partial charge >= 0.3 is 0 Å². The fourth-order valence-corrected chi connectivity index (χ4v) is 2.86.